The fourth-order valence-corrected chi connectivity index (χ4v) is 3.88. The van der Waals surface area contributed by atoms with Crippen molar-refractivity contribution in [3.8, 4) is 6.07 Å². The van der Waals surface area contributed by atoms with E-state index in [2.05, 4.69) is 22.8 Å². The number of nitrogens with one attached hydrogen (secondary N) is 1. The van der Waals surface area contributed by atoms with Crippen LogP contribution in [-0.2, 0) is 6.54 Å². The fraction of sp³-hybridized carbons (Fsp3) is 0.182. The number of thioether (sulfide) groups is 1. The van der Waals surface area contributed by atoms with E-state index < -0.39 is 0 Å². The Balaban J connectivity index is 2.18. The summed E-state index contributed by atoms with van der Waals surface area (Å²) in [6.07, 6.45) is 1.97. The van der Waals surface area contributed by atoms with Gasteiger partial charge in [-0.25, -0.2) is 0 Å². The van der Waals surface area contributed by atoms with Crippen LogP contribution in [0.25, 0.3) is 0 Å². The van der Waals surface area contributed by atoms with Crippen molar-refractivity contribution in [3.05, 3.63) is 27.3 Å². The van der Waals surface area contributed by atoms with Crippen molar-refractivity contribution in [1.29, 1.82) is 5.26 Å². The maximum atomic E-state index is 8.95. The van der Waals surface area contributed by atoms with E-state index in [1.807, 2.05) is 12.3 Å². The average molecular weight is 281 g/mol. The Morgan fingerprint density at radius 3 is 3.00 bits per heavy atom. The summed E-state index contributed by atoms with van der Waals surface area (Å²) in [7, 11) is 0. The smallest absolute Gasteiger partial charge is 0.131 e. The van der Waals surface area contributed by atoms with Crippen molar-refractivity contribution in [2.75, 3.05) is 17.3 Å². The molecule has 0 aliphatic rings. The van der Waals surface area contributed by atoms with Crippen molar-refractivity contribution in [1.82, 2.24) is 0 Å². The molecule has 0 unspecified atom stereocenters. The minimum Gasteiger partial charge on any atom is -0.396 e. The minimum atomic E-state index is 0.586. The van der Waals surface area contributed by atoms with Gasteiger partial charge in [0.15, 0.2) is 0 Å². The molecule has 2 heterocycles. The molecule has 3 N–H and O–H groups in total. The molecular formula is C11H11N3S3. The Labute approximate surface area is 112 Å². The lowest BCUT2D eigenvalue weighted by molar-refractivity contribution is 1.19. The van der Waals surface area contributed by atoms with Gasteiger partial charge in [-0.15, -0.1) is 34.4 Å². The van der Waals surface area contributed by atoms with Crippen LogP contribution in [0.3, 0.4) is 0 Å². The summed E-state index contributed by atoms with van der Waals surface area (Å²) in [6, 6.07) is 6.24. The summed E-state index contributed by atoms with van der Waals surface area (Å²) >= 11 is 4.70. The highest BCUT2D eigenvalue weighted by atomic mass is 32.2. The molecule has 0 radical (unpaired) electrons. The number of thiophene rings is 2. The zero-order valence-electron chi connectivity index (χ0n) is 9.19. The Morgan fingerprint density at radius 2 is 2.41 bits per heavy atom. The predicted octanol–water partition coefficient (Wildman–Crippen LogP) is 3.60. The van der Waals surface area contributed by atoms with E-state index in [1.54, 1.807) is 23.1 Å². The second-order valence-corrected chi connectivity index (χ2v) is 6.12. The molecule has 0 fully saturated rings. The number of rotatable bonds is 4. The van der Waals surface area contributed by atoms with Gasteiger partial charge in [0.2, 0.25) is 0 Å². The van der Waals surface area contributed by atoms with Crippen LogP contribution in [0.1, 0.15) is 9.75 Å². The van der Waals surface area contributed by atoms with Crippen molar-refractivity contribution in [3.63, 3.8) is 0 Å². The van der Waals surface area contributed by atoms with Crippen LogP contribution in [0.15, 0.2) is 22.4 Å². The number of hydrogen-bond acceptors (Lipinski definition) is 6. The molecule has 6 heteroatoms. The van der Waals surface area contributed by atoms with Gasteiger partial charge in [0.25, 0.3) is 0 Å². The van der Waals surface area contributed by atoms with Crippen molar-refractivity contribution >= 4 is 45.1 Å². The normalized spacial score (nSPS) is 10.1. The molecule has 88 valence electrons. The molecule has 17 heavy (non-hydrogen) atoms. The molecule has 0 aliphatic heterocycles. The topological polar surface area (TPSA) is 61.8 Å². The highest BCUT2D eigenvalue weighted by Gasteiger charge is 2.14. The summed E-state index contributed by atoms with van der Waals surface area (Å²) in [4.78, 5) is 2.83. The first-order valence-electron chi connectivity index (χ1n) is 4.89. The zero-order valence-corrected chi connectivity index (χ0v) is 11.6. The van der Waals surface area contributed by atoms with Crippen LogP contribution in [0.2, 0.25) is 0 Å². The van der Waals surface area contributed by atoms with E-state index in [4.69, 9.17) is 11.0 Å². The molecule has 0 atom stereocenters. The summed E-state index contributed by atoms with van der Waals surface area (Å²) in [5, 5.41) is 15.3. The number of hydrogen-bond donors (Lipinski definition) is 2. The second-order valence-electron chi connectivity index (χ2n) is 3.25. The van der Waals surface area contributed by atoms with Gasteiger partial charge in [-0.05, 0) is 17.7 Å². The predicted molar refractivity (Wildman–Crippen MR) is 76.9 cm³/mol. The number of nitrogens with two attached hydrogens (primary N) is 1. The minimum absolute atomic E-state index is 0.586. The number of anilines is 2. The molecule has 0 amide bonds. The molecule has 0 aliphatic carbocycles. The van der Waals surface area contributed by atoms with Gasteiger partial charge >= 0.3 is 0 Å². The highest BCUT2D eigenvalue weighted by molar-refractivity contribution is 7.99. The lowest BCUT2D eigenvalue weighted by Gasteiger charge is -2.04. The van der Waals surface area contributed by atoms with Crippen LogP contribution in [0, 0.1) is 11.3 Å². The maximum Gasteiger partial charge on any atom is 0.131 e. The van der Waals surface area contributed by atoms with E-state index >= 15 is 0 Å². The number of nitrogens with zero attached hydrogens (tertiary/aromatic N) is 1. The highest BCUT2D eigenvalue weighted by Crippen LogP contribution is 2.41. The molecule has 0 spiro atoms. The molecule has 0 saturated heterocycles. The Morgan fingerprint density at radius 1 is 1.59 bits per heavy atom. The molecule has 2 aromatic heterocycles. The maximum absolute atomic E-state index is 8.95. The van der Waals surface area contributed by atoms with Gasteiger partial charge in [0, 0.05) is 4.88 Å². The first-order chi connectivity index (χ1) is 8.26. The molecule has 2 rings (SSSR count). The van der Waals surface area contributed by atoms with E-state index in [0.29, 0.717) is 10.6 Å². The Hall–Kier alpha value is -1.16. The van der Waals surface area contributed by atoms with Gasteiger partial charge in [0.05, 0.1) is 17.1 Å². The number of nitrogen functional groups attached to an aromatic ring is 1. The monoisotopic (exact) mass is 281 g/mol. The van der Waals surface area contributed by atoms with Crippen molar-refractivity contribution < 1.29 is 0 Å². The molecule has 0 saturated carbocycles. The molecule has 0 bridgehead atoms. The third-order valence-electron chi connectivity index (χ3n) is 2.21. The van der Waals surface area contributed by atoms with Crippen molar-refractivity contribution in [2.45, 2.75) is 11.4 Å². The summed E-state index contributed by atoms with van der Waals surface area (Å²) in [5.74, 6) is 0. The second kappa shape index (κ2) is 5.45. The third kappa shape index (κ3) is 2.57. The summed E-state index contributed by atoms with van der Waals surface area (Å²) in [5.41, 5.74) is 6.50. The van der Waals surface area contributed by atoms with E-state index in [1.165, 1.54) is 16.2 Å². The first kappa shape index (κ1) is 12.3. The molecule has 2 aromatic rings. The van der Waals surface area contributed by atoms with Crippen LogP contribution in [0.5, 0.6) is 0 Å². The Kier molecular flexibility index (Phi) is 3.94. The SMILES string of the molecule is CSc1c(NCc2cccs2)sc(C#N)c1N. The Bertz CT molecular complexity index is 537. The third-order valence-corrected chi connectivity index (χ3v) is 5.11. The molecule has 3 nitrogen and oxygen atoms in total. The van der Waals surface area contributed by atoms with Gasteiger partial charge in [-0.3, -0.25) is 0 Å². The number of nitriles is 1. The quantitative estimate of drug-likeness (QED) is 0.841. The van der Waals surface area contributed by atoms with Crippen LogP contribution in [-0.4, -0.2) is 6.26 Å². The lowest BCUT2D eigenvalue weighted by Crippen LogP contribution is -1.96. The van der Waals surface area contributed by atoms with Crippen LogP contribution < -0.4 is 11.1 Å². The molecule has 0 aromatic carbocycles. The largest absolute Gasteiger partial charge is 0.396 e. The van der Waals surface area contributed by atoms with Gasteiger partial charge in [-0.1, -0.05) is 6.07 Å². The summed E-state index contributed by atoms with van der Waals surface area (Å²) in [6.45, 7) is 0.774. The molecular weight excluding hydrogens is 270 g/mol. The van der Waals surface area contributed by atoms with Crippen molar-refractivity contribution in [2.24, 2.45) is 0 Å². The van der Waals surface area contributed by atoms with Crippen LogP contribution >= 0.6 is 34.4 Å². The zero-order chi connectivity index (χ0) is 12.3. The summed E-state index contributed by atoms with van der Waals surface area (Å²) < 4.78 is 0. The van der Waals surface area contributed by atoms with Crippen LogP contribution in [0.4, 0.5) is 10.7 Å². The first-order valence-corrected chi connectivity index (χ1v) is 7.81. The average Bonchev–Trinajstić information content (AvgIpc) is 2.94. The lowest BCUT2D eigenvalue weighted by atomic mass is 10.4. The standard InChI is InChI=1S/C11H11N3S3/c1-15-10-9(13)8(5-12)17-11(10)14-6-7-3-2-4-16-7/h2-4,14H,6,13H2,1H3. The van der Waals surface area contributed by atoms with Gasteiger partial charge in [0.1, 0.15) is 15.9 Å². The van der Waals surface area contributed by atoms with E-state index in [0.717, 1.165) is 16.4 Å². The van der Waals surface area contributed by atoms with E-state index in [9.17, 15) is 0 Å². The van der Waals surface area contributed by atoms with Gasteiger partial charge in [-0.2, -0.15) is 5.26 Å². The van der Waals surface area contributed by atoms with Gasteiger partial charge < -0.3 is 11.1 Å². The fourth-order valence-electron chi connectivity index (χ4n) is 1.41. The van der Waals surface area contributed by atoms with E-state index in [-0.39, 0.29) is 0 Å².